The molecule has 11 heteroatoms. The fraction of sp³-hybridized carbons (Fsp3) is 0.438. The van der Waals surface area contributed by atoms with E-state index in [0.717, 1.165) is 12.8 Å². The molecule has 1 aromatic heterocycles. The van der Waals surface area contributed by atoms with Gasteiger partial charge in [0, 0.05) is 12.1 Å². The third kappa shape index (κ3) is 4.13. The normalized spacial score (nSPS) is 17.3. The van der Waals surface area contributed by atoms with E-state index in [2.05, 4.69) is 32.2 Å². The smallest absolute Gasteiger partial charge is 0.331 e. The van der Waals surface area contributed by atoms with Crippen LogP contribution in [0.2, 0.25) is 0 Å². The molecule has 2 aromatic rings. The van der Waals surface area contributed by atoms with Crippen LogP contribution >= 0.6 is 0 Å². The first-order chi connectivity index (χ1) is 12.9. The second-order valence-corrected chi connectivity index (χ2v) is 7.69. The van der Waals surface area contributed by atoms with Crippen molar-refractivity contribution in [2.45, 2.75) is 50.8 Å². The summed E-state index contributed by atoms with van der Waals surface area (Å²) in [6.07, 6.45) is 1.90. The van der Waals surface area contributed by atoms with Crippen molar-refractivity contribution >= 4 is 21.8 Å². The fourth-order valence-electron chi connectivity index (χ4n) is 2.54. The number of nitrogens with zero attached hydrogens (tertiary/aromatic N) is 5. The van der Waals surface area contributed by atoms with Gasteiger partial charge in [0.2, 0.25) is 0 Å². The zero-order chi connectivity index (χ0) is 19.4. The van der Waals surface area contributed by atoms with Gasteiger partial charge in [-0.05, 0) is 35.9 Å². The summed E-state index contributed by atoms with van der Waals surface area (Å²) in [5, 5.41) is 11.3. The molecule has 10 nitrogen and oxygen atoms in total. The number of unbranched alkanes of at least 4 members (excludes halogenated alkanes) is 1. The number of amidine groups is 1. The molecule has 1 aliphatic rings. The van der Waals surface area contributed by atoms with Crippen molar-refractivity contribution in [3.05, 3.63) is 35.7 Å². The van der Waals surface area contributed by atoms with Gasteiger partial charge in [-0.15, -0.1) is 5.10 Å². The van der Waals surface area contributed by atoms with E-state index in [1.807, 2.05) is 0 Å². The third-order valence-electron chi connectivity index (χ3n) is 4.00. The van der Waals surface area contributed by atoms with Crippen LogP contribution in [0.15, 0.2) is 34.2 Å². The number of aryl methyl sites for hydroxylation is 1. The number of tetrazole rings is 1. The molecule has 0 radical (unpaired) electrons. The SMILES string of the molecule is CCCCn1nnnc1COC(=O)C(C)N=C1NS(=O)(=O)c2ccccc21. The highest BCUT2D eigenvalue weighted by molar-refractivity contribution is 7.90. The van der Waals surface area contributed by atoms with Crippen molar-refractivity contribution in [2.24, 2.45) is 4.99 Å². The number of sulfonamides is 1. The van der Waals surface area contributed by atoms with Gasteiger partial charge in [-0.2, -0.15) is 0 Å². The third-order valence-corrected chi connectivity index (χ3v) is 5.40. The van der Waals surface area contributed by atoms with Gasteiger partial charge in [-0.1, -0.05) is 25.5 Å². The number of nitrogens with one attached hydrogen (secondary N) is 1. The number of carbonyl (C=O) groups is 1. The highest BCUT2D eigenvalue weighted by Crippen LogP contribution is 2.22. The Morgan fingerprint density at radius 1 is 1.37 bits per heavy atom. The zero-order valence-corrected chi connectivity index (χ0v) is 15.8. The van der Waals surface area contributed by atoms with Crippen molar-refractivity contribution in [1.82, 2.24) is 24.9 Å². The van der Waals surface area contributed by atoms with Crippen molar-refractivity contribution in [2.75, 3.05) is 0 Å². The second kappa shape index (κ2) is 7.82. The van der Waals surface area contributed by atoms with Gasteiger partial charge < -0.3 is 4.74 Å². The maximum atomic E-state index is 12.2. The van der Waals surface area contributed by atoms with E-state index in [1.165, 1.54) is 13.0 Å². The molecule has 0 saturated heterocycles. The van der Waals surface area contributed by atoms with Crippen LogP contribution in [-0.4, -0.2) is 46.5 Å². The molecular weight excluding hydrogens is 372 g/mol. The molecule has 2 heterocycles. The number of fused-ring (bicyclic) bond motifs is 1. The Morgan fingerprint density at radius 2 is 2.15 bits per heavy atom. The lowest BCUT2D eigenvalue weighted by atomic mass is 10.2. The first kappa shape index (κ1) is 19.0. The number of aliphatic imine (C=N–C) groups is 1. The van der Waals surface area contributed by atoms with Gasteiger partial charge in [-0.25, -0.2) is 17.9 Å². The number of hydrogen-bond acceptors (Lipinski definition) is 8. The Bertz CT molecular complexity index is 969. The molecule has 3 rings (SSSR count). The Kier molecular flexibility index (Phi) is 5.49. The van der Waals surface area contributed by atoms with E-state index in [9.17, 15) is 13.2 Å². The van der Waals surface area contributed by atoms with E-state index in [0.29, 0.717) is 17.9 Å². The van der Waals surface area contributed by atoms with Gasteiger partial charge in [-0.3, -0.25) is 9.71 Å². The Balaban J connectivity index is 1.67. The summed E-state index contributed by atoms with van der Waals surface area (Å²) in [5.41, 5.74) is 0.431. The largest absolute Gasteiger partial charge is 0.456 e. The quantitative estimate of drug-likeness (QED) is 0.685. The van der Waals surface area contributed by atoms with Crippen LogP contribution in [0.4, 0.5) is 0 Å². The number of aromatic nitrogens is 4. The van der Waals surface area contributed by atoms with E-state index in [-0.39, 0.29) is 17.3 Å². The first-order valence-corrected chi connectivity index (χ1v) is 10.0. The molecule has 1 atom stereocenters. The number of esters is 1. The van der Waals surface area contributed by atoms with Gasteiger partial charge in [0.15, 0.2) is 12.4 Å². The molecule has 1 aromatic carbocycles. The van der Waals surface area contributed by atoms with Gasteiger partial charge in [0.25, 0.3) is 10.0 Å². The molecule has 1 unspecified atom stereocenters. The van der Waals surface area contributed by atoms with Crippen LogP contribution in [0, 0.1) is 0 Å². The van der Waals surface area contributed by atoms with Crippen molar-refractivity contribution in [1.29, 1.82) is 0 Å². The topological polar surface area (TPSA) is 128 Å². The van der Waals surface area contributed by atoms with Gasteiger partial charge in [0.05, 0.1) is 4.90 Å². The molecule has 0 spiro atoms. The van der Waals surface area contributed by atoms with E-state index < -0.39 is 22.0 Å². The lowest BCUT2D eigenvalue weighted by Gasteiger charge is -2.09. The fourth-order valence-corrected chi connectivity index (χ4v) is 3.78. The number of carbonyl (C=O) groups excluding carboxylic acids is 1. The van der Waals surface area contributed by atoms with Gasteiger partial charge >= 0.3 is 5.97 Å². The summed E-state index contributed by atoms with van der Waals surface area (Å²) >= 11 is 0. The van der Waals surface area contributed by atoms with Crippen LogP contribution in [0.5, 0.6) is 0 Å². The second-order valence-electron chi connectivity index (χ2n) is 6.03. The van der Waals surface area contributed by atoms with E-state index in [1.54, 1.807) is 22.9 Å². The average molecular weight is 392 g/mol. The maximum Gasteiger partial charge on any atom is 0.331 e. The number of ether oxygens (including phenoxy) is 1. The monoisotopic (exact) mass is 392 g/mol. The summed E-state index contributed by atoms with van der Waals surface area (Å²) in [6, 6.07) is 5.55. The van der Waals surface area contributed by atoms with Crippen LogP contribution in [0.3, 0.4) is 0 Å². The molecule has 0 fully saturated rings. The number of benzene rings is 1. The van der Waals surface area contributed by atoms with Gasteiger partial charge in [0.1, 0.15) is 11.9 Å². The molecular formula is C16H20N6O4S. The average Bonchev–Trinajstić information content (AvgIpc) is 3.20. The van der Waals surface area contributed by atoms with Crippen LogP contribution < -0.4 is 4.72 Å². The molecule has 1 aliphatic heterocycles. The highest BCUT2D eigenvalue weighted by Gasteiger charge is 2.31. The minimum absolute atomic E-state index is 0.0763. The van der Waals surface area contributed by atoms with Crippen LogP contribution in [-0.2, 0) is 32.7 Å². The zero-order valence-electron chi connectivity index (χ0n) is 15.0. The maximum absolute atomic E-state index is 12.2. The molecule has 1 N–H and O–H groups in total. The van der Waals surface area contributed by atoms with Crippen LogP contribution in [0.1, 0.15) is 38.1 Å². The lowest BCUT2D eigenvalue weighted by molar-refractivity contribution is -0.146. The Labute approximate surface area is 156 Å². The first-order valence-electron chi connectivity index (χ1n) is 8.54. The van der Waals surface area contributed by atoms with E-state index in [4.69, 9.17) is 4.74 Å². The minimum Gasteiger partial charge on any atom is -0.456 e. The Hall–Kier alpha value is -2.82. The minimum atomic E-state index is -3.65. The molecule has 27 heavy (non-hydrogen) atoms. The van der Waals surface area contributed by atoms with Crippen molar-refractivity contribution in [3.63, 3.8) is 0 Å². The molecule has 144 valence electrons. The number of hydrogen-bond donors (Lipinski definition) is 1. The van der Waals surface area contributed by atoms with Crippen molar-refractivity contribution < 1.29 is 17.9 Å². The summed E-state index contributed by atoms with van der Waals surface area (Å²) < 4.78 is 33.4. The number of rotatable bonds is 7. The molecule has 0 amide bonds. The van der Waals surface area contributed by atoms with Crippen molar-refractivity contribution in [3.8, 4) is 0 Å². The lowest BCUT2D eigenvalue weighted by Crippen LogP contribution is -2.27. The standard InChI is InChI=1S/C16H20N6O4S/c1-3-4-9-22-14(18-20-21-22)10-26-16(23)11(2)17-15-12-7-5-6-8-13(12)27(24,25)19-15/h5-8,11H,3-4,9-10H2,1-2H3,(H,17,19). The summed E-state index contributed by atoms with van der Waals surface area (Å²) in [4.78, 5) is 16.6. The summed E-state index contributed by atoms with van der Waals surface area (Å²) in [7, 11) is -3.65. The molecule has 0 saturated carbocycles. The Morgan fingerprint density at radius 3 is 2.93 bits per heavy atom. The predicted octanol–water partition coefficient (Wildman–Crippen LogP) is 0.644. The van der Waals surface area contributed by atoms with Crippen LogP contribution in [0.25, 0.3) is 0 Å². The van der Waals surface area contributed by atoms with E-state index >= 15 is 0 Å². The molecule has 0 aliphatic carbocycles. The molecule has 0 bridgehead atoms. The summed E-state index contributed by atoms with van der Waals surface area (Å²) in [5.74, 6) is -0.0254. The predicted molar refractivity (Wildman–Crippen MR) is 95.3 cm³/mol. The highest BCUT2D eigenvalue weighted by atomic mass is 32.2. The summed E-state index contributed by atoms with van der Waals surface area (Å²) in [6.45, 7) is 4.16.